The van der Waals surface area contributed by atoms with Crippen LogP contribution < -0.4 is 29.7 Å². The van der Waals surface area contributed by atoms with E-state index in [0.717, 1.165) is 30.2 Å². The summed E-state index contributed by atoms with van der Waals surface area (Å²) in [7, 11) is 4.77. The van der Waals surface area contributed by atoms with E-state index < -0.39 is 5.97 Å². The number of ether oxygens (including phenoxy) is 3. The molecule has 0 unspecified atom stereocenters. The molecule has 1 aliphatic heterocycles. The Balaban J connectivity index is 0.000000260. The first-order chi connectivity index (χ1) is 18.5. The molecular weight excluding hydrogens is 490 g/mol. The Bertz CT molecular complexity index is 1190. The van der Waals surface area contributed by atoms with Crippen molar-refractivity contribution < 1.29 is 28.9 Å². The van der Waals surface area contributed by atoms with Crippen molar-refractivity contribution in [1.29, 1.82) is 0 Å². The first-order valence-corrected chi connectivity index (χ1v) is 12.1. The molecule has 1 saturated heterocycles. The molecule has 0 saturated carbocycles. The number of amides is 1. The topological polar surface area (TPSA) is 135 Å². The van der Waals surface area contributed by atoms with Gasteiger partial charge in [0, 0.05) is 43.7 Å². The number of carboxylic acid groups (broad SMARTS) is 1. The van der Waals surface area contributed by atoms with Gasteiger partial charge in [-0.05, 0) is 43.0 Å². The number of nitrogens with one attached hydrogen (secondary N) is 2. The van der Waals surface area contributed by atoms with E-state index in [0.29, 0.717) is 36.2 Å². The third-order valence-corrected chi connectivity index (χ3v) is 5.81. The summed E-state index contributed by atoms with van der Waals surface area (Å²) < 4.78 is 16.1. The molecule has 1 aromatic heterocycles. The number of benzene rings is 2. The van der Waals surface area contributed by atoms with Crippen molar-refractivity contribution in [3.63, 3.8) is 0 Å². The van der Waals surface area contributed by atoms with Gasteiger partial charge in [-0.1, -0.05) is 12.1 Å². The van der Waals surface area contributed by atoms with Gasteiger partial charge in [-0.15, -0.1) is 0 Å². The number of hydrogen-bond donors (Lipinski definition) is 3. The summed E-state index contributed by atoms with van der Waals surface area (Å²) in [5, 5.41) is 14.3. The third kappa shape index (κ3) is 7.73. The Morgan fingerprint density at radius 1 is 1.03 bits per heavy atom. The van der Waals surface area contributed by atoms with E-state index in [9.17, 15) is 9.59 Å². The molecule has 2 heterocycles. The van der Waals surface area contributed by atoms with Crippen molar-refractivity contribution in [2.45, 2.75) is 25.8 Å². The molecule has 38 heavy (non-hydrogen) atoms. The maximum Gasteiger partial charge on any atom is 0.335 e. The number of nitrogens with zero attached hydrogens (tertiary/aromatic N) is 3. The van der Waals surface area contributed by atoms with Crippen molar-refractivity contribution >= 4 is 29.8 Å². The maximum absolute atomic E-state index is 10.5. The Morgan fingerprint density at radius 3 is 2.34 bits per heavy atom. The van der Waals surface area contributed by atoms with Crippen LogP contribution in [0.25, 0.3) is 0 Å². The van der Waals surface area contributed by atoms with Gasteiger partial charge in [-0.2, -0.15) is 4.98 Å². The number of carbonyl (C=O) groups excluding carboxylic acids is 1. The van der Waals surface area contributed by atoms with Crippen molar-refractivity contribution in [3.05, 3.63) is 59.8 Å². The second kappa shape index (κ2) is 14.3. The third-order valence-electron chi connectivity index (χ3n) is 5.81. The molecule has 0 aliphatic carbocycles. The van der Waals surface area contributed by atoms with E-state index >= 15 is 0 Å². The van der Waals surface area contributed by atoms with Crippen molar-refractivity contribution in [2.75, 3.05) is 44.6 Å². The Labute approximate surface area is 221 Å². The lowest BCUT2D eigenvalue weighted by atomic mass is 10.1. The number of carbonyl (C=O) groups is 2. The first kappa shape index (κ1) is 28.0. The molecule has 1 aliphatic rings. The molecule has 0 bridgehead atoms. The summed E-state index contributed by atoms with van der Waals surface area (Å²) in [6.07, 6.45) is 6.06. The highest BCUT2D eigenvalue weighted by Gasteiger charge is 2.15. The standard InChI is InChI=1S/C18H24N4O3.C9H9NO3/c1-23-14-11-13(12-15(24-2)17(14)25-3)20-18-19-8-7-16(21-18)22-9-5-4-6-10-22;11-6-10-5-7-2-1-3-8(4-7)9(12)13/h7-8,11-12H,4-6,9-10H2,1-3H3,(H,19,20,21);1-4,6H,5H2,(H,10,11)(H,12,13). The number of anilines is 3. The molecule has 11 heteroatoms. The van der Waals surface area contributed by atoms with Crippen molar-refractivity contribution in [2.24, 2.45) is 0 Å². The van der Waals surface area contributed by atoms with Crippen molar-refractivity contribution in [1.82, 2.24) is 15.3 Å². The van der Waals surface area contributed by atoms with Crippen LogP contribution in [0.5, 0.6) is 17.2 Å². The molecular formula is C27H33N5O6. The summed E-state index contributed by atoms with van der Waals surface area (Å²) in [6, 6.07) is 12.0. The largest absolute Gasteiger partial charge is 0.493 e. The van der Waals surface area contributed by atoms with Crippen LogP contribution in [0.4, 0.5) is 17.5 Å². The van der Waals surface area contributed by atoms with Gasteiger partial charge in [0.25, 0.3) is 0 Å². The minimum Gasteiger partial charge on any atom is -0.493 e. The molecule has 1 fully saturated rings. The van der Waals surface area contributed by atoms with Crippen molar-refractivity contribution in [3.8, 4) is 17.2 Å². The normalized spacial score (nSPS) is 12.4. The zero-order valence-electron chi connectivity index (χ0n) is 21.8. The highest BCUT2D eigenvalue weighted by atomic mass is 16.5. The second-order valence-electron chi connectivity index (χ2n) is 8.33. The fourth-order valence-electron chi connectivity index (χ4n) is 3.96. The van der Waals surface area contributed by atoms with Crippen LogP contribution in [-0.2, 0) is 11.3 Å². The summed E-state index contributed by atoms with van der Waals surface area (Å²) in [5.41, 5.74) is 1.77. The van der Waals surface area contributed by atoms with E-state index in [1.54, 1.807) is 39.7 Å². The minimum atomic E-state index is -0.965. The SMILES string of the molecule is COc1cc(Nc2nccc(N3CCCCC3)n2)cc(OC)c1OC.O=CNCc1cccc(C(=O)O)c1. The average Bonchev–Trinajstić information content (AvgIpc) is 2.96. The van der Waals surface area contributed by atoms with Gasteiger partial charge in [-0.3, -0.25) is 4.79 Å². The van der Waals surface area contributed by atoms with Crippen LogP contribution in [-0.4, -0.2) is 61.9 Å². The number of aromatic carboxylic acids is 1. The number of hydrogen-bond acceptors (Lipinski definition) is 9. The van der Waals surface area contributed by atoms with E-state index in [2.05, 4.69) is 25.5 Å². The van der Waals surface area contributed by atoms with Crippen LogP contribution in [0, 0.1) is 0 Å². The smallest absolute Gasteiger partial charge is 0.335 e. The Hall–Kier alpha value is -4.54. The monoisotopic (exact) mass is 523 g/mol. The van der Waals surface area contributed by atoms with E-state index in [1.807, 2.05) is 18.2 Å². The molecule has 3 aromatic rings. The van der Waals surface area contributed by atoms with Gasteiger partial charge >= 0.3 is 5.97 Å². The molecule has 0 atom stereocenters. The molecule has 0 spiro atoms. The number of aromatic nitrogens is 2. The van der Waals surface area contributed by atoms with Gasteiger partial charge < -0.3 is 34.9 Å². The molecule has 1 amide bonds. The van der Waals surface area contributed by atoms with Crippen LogP contribution in [0.2, 0.25) is 0 Å². The number of rotatable bonds is 10. The predicted molar refractivity (Wildman–Crippen MR) is 144 cm³/mol. The van der Waals surface area contributed by atoms with E-state index in [1.165, 1.54) is 31.4 Å². The Morgan fingerprint density at radius 2 is 1.74 bits per heavy atom. The van der Waals surface area contributed by atoms with Crippen LogP contribution in [0.1, 0.15) is 35.2 Å². The van der Waals surface area contributed by atoms with Crippen LogP contribution in [0.3, 0.4) is 0 Å². The zero-order valence-corrected chi connectivity index (χ0v) is 21.8. The molecule has 3 N–H and O–H groups in total. The zero-order chi connectivity index (χ0) is 27.3. The first-order valence-electron chi connectivity index (χ1n) is 12.1. The molecule has 4 rings (SSSR count). The minimum absolute atomic E-state index is 0.227. The summed E-state index contributed by atoms with van der Waals surface area (Å²) in [5.74, 6) is 2.24. The lowest BCUT2D eigenvalue weighted by molar-refractivity contribution is -0.109. The van der Waals surface area contributed by atoms with Gasteiger partial charge in [0.1, 0.15) is 5.82 Å². The fraction of sp³-hybridized carbons (Fsp3) is 0.333. The summed E-state index contributed by atoms with van der Waals surface area (Å²) in [4.78, 5) is 31.8. The Kier molecular flexibility index (Phi) is 10.5. The second-order valence-corrected chi connectivity index (χ2v) is 8.33. The van der Waals surface area contributed by atoms with Gasteiger partial charge in [-0.25, -0.2) is 9.78 Å². The lowest BCUT2D eigenvalue weighted by Crippen LogP contribution is -2.30. The molecule has 202 valence electrons. The predicted octanol–water partition coefficient (Wildman–Crippen LogP) is 3.87. The maximum atomic E-state index is 10.5. The summed E-state index contributed by atoms with van der Waals surface area (Å²) in [6.45, 7) is 2.44. The van der Waals surface area contributed by atoms with Gasteiger partial charge in [0.2, 0.25) is 18.1 Å². The highest BCUT2D eigenvalue weighted by Crippen LogP contribution is 2.40. The molecule has 0 radical (unpaired) electrons. The lowest BCUT2D eigenvalue weighted by Gasteiger charge is -2.27. The molecule has 11 nitrogen and oxygen atoms in total. The van der Waals surface area contributed by atoms with E-state index in [-0.39, 0.29) is 5.56 Å². The van der Waals surface area contributed by atoms with E-state index in [4.69, 9.17) is 19.3 Å². The molecule has 2 aromatic carbocycles. The average molecular weight is 524 g/mol. The summed E-state index contributed by atoms with van der Waals surface area (Å²) >= 11 is 0. The number of methoxy groups -OCH3 is 3. The number of piperidine rings is 1. The fourth-order valence-corrected chi connectivity index (χ4v) is 3.96. The quantitative estimate of drug-likeness (QED) is 0.336. The number of carboxylic acids is 1. The van der Waals surface area contributed by atoms with Gasteiger partial charge in [0.05, 0.1) is 26.9 Å². The van der Waals surface area contributed by atoms with Crippen LogP contribution >= 0.6 is 0 Å². The van der Waals surface area contributed by atoms with Gasteiger partial charge in [0.15, 0.2) is 11.5 Å². The van der Waals surface area contributed by atoms with Crippen LogP contribution in [0.15, 0.2) is 48.7 Å². The highest BCUT2D eigenvalue weighted by molar-refractivity contribution is 5.87.